The Kier molecular flexibility index (Phi) is 5.35. The normalized spacial score (nSPS) is 27.1. The lowest BCUT2D eigenvalue weighted by Gasteiger charge is -2.25. The number of hydrogen-bond donors (Lipinski definition) is 3. The maximum atomic E-state index is 14.3. The Labute approximate surface area is 166 Å². The predicted molar refractivity (Wildman–Crippen MR) is 100 cm³/mol. The molecule has 0 spiro atoms. The smallest absolute Gasteiger partial charge is 0.407 e. The van der Waals surface area contributed by atoms with Crippen LogP contribution in [0.2, 0.25) is 0 Å². The van der Waals surface area contributed by atoms with Crippen molar-refractivity contribution in [3.8, 4) is 0 Å². The molecule has 0 radical (unpaired) electrons. The van der Waals surface area contributed by atoms with E-state index in [9.17, 15) is 13.6 Å². The summed E-state index contributed by atoms with van der Waals surface area (Å²) in [6.07, 6.45) is 2.51. The van der Waals surface area contributed by atoms with Crippen molar-refractivity contribution in [1.82, 2.24) is 20.5 Å². The van der Waals surface area contributed by atoms with Crippen molar-refractivity contribution in [1.29, 1.82) is 0 Å². The Morgan fingerprint density at radius 3 is 3.00 bits per heavy atom. The molecule has 1 saturated carbocycles. The Morgan fingerprint density at radius 2 is 2.14 bits per heavy atom. The van der Waals surface area contributed by atoms with Crippen molar-refractivity contribution in [3.05, 3.63) is 35.8 Å². The number of amides is 1. The molecule has 3 heterocycles. The van der Waals surface area contributed by atoms with Crippen LogP contribution in [0.4, 0.5) is 25.1 Å². The molecule has 10 heteroatoms. The predicted octanol–water partition coefficient (Wildman–Crippen LogP) is 3.46. The van der Waals surface area contributed by atoms with E-state index in [0.29, 0.717) is 24.4 Å². The van der Waals surface area contributed by atoms with Crippen LogP contribution in [0.25, 0.3) is 0 Å². The summed E-state index contributed by atoms with van der Waals surface area (Å²) < 4.78 is 39.1. The van der Waals surface area contributed by atoms with Crippen LogP contribution in [0.3, 0.4) is 0 Å². The summed E-state index contributed by atoms with van der Waals surface area (Å²) in [7, 11) is 0. The van der Waals surface area contributed by atoms with Crippen molar-refractivity contribution in [3.63, 3.8) is 0 Å². The van der Waals surface area contributed by atoms with Crippen molar-refractivity contribution in [2.75, 3.05) is 11.9 Å². The lowest BCUT2D eigenvalue weighted by molar-refractivity contribution is -0.101. The molecule has 2 aromatic rings. The van der Waals surface area contributed by atoms with Crippen LogP contribution in [-0.4, -0.2) is 45.9 Å². The van der Waals surface area contributed by atoms with Gasteiger partial charge in [-0.3, -0.25) is 10.1 Å². The van der Waals surface area contributed by atoms with E-state index in [2.05, 4.69) is 25.8 Å². The first kappa shape index (κ1) is 19.6. The van der Waals surface area contributed by atoms with Gasteiger partial charge in [0.25, 0.3) is 5.92 Å². The zero-order chi connectivity index (χ0) is 20.4. The number of fused-ring (bicyclic) bond motifs is 7. The molecule has 0 saturated heterocycles. The number of carbonyl (C=O) groups excluding carboxylic acids is 1. The molecular formula is C19H23F2N5O3. The van der Waals surface area contributed by atoms with E-state index >= 15 is 0 Å². The molecule has 1 aliphatic heterocycles. The molecule has 8 nitrogen and oxygen atoms in total. The second-order valence-electron chi connectivity index (χ2n) is 7.53. The number of alkyl carbamates (subject to hydrolysis) is 1. The summed E-state index contributed by atoms with van der Waals surface area (Å²) in [5.41, 5.74) is 2.18. The standard InChI is InChI=1S/C19H23F2N5O3/c1-11-19(20,21)10-28-9-14-7-13(4-5-22-14)24-17-8-16(25-26-17)12-2-3-15(6-12)29-18(27)23-11/h4-5,7-8,11-12,15H,2-3,6,9-10H2,1H3,(H,23,27)(H2,24,25,26)/t11-,12-,15+/m0/s1. The Bertz CT molecular complexity index is 875. The lowest BCUT2D eigenvalue weighted by atomic mass is 10.0. The van der Waals surface area contributed by atoms with Gasteiger partial charge in [0.15, 0.2) is 5.82 Å². The topological polar surface area (TPSA) is 101 Å². The average molecular weight is 407 g/mol. The number of H-pyrrole nitrogens is 1. The molecule has 2 aliphatic rings. The van der Waals surface area contributed by atoms with Gasteiger partial charge in [0.1, 0.15) is 12.7 Å². The number of carbonyl (C=O) groups is 1. The molecule has 4 rings (SSSR count). The van der Waals surface area contributed by atoms with Gasteiger partial charge in [-0.15, -0.1) is 0 Å². The van der Waals surface area contributed by atoms with Crippen LogP contribution in [0, 0.1) is 0 Å². The molecular weight excluding hydrogens is 384 g/mol. The highest BCUT2D eigenvalue weighted by molar-refractivity contribution is 5.68. The minimum absolute atomic E-state index is 0.0851. The number of alkyl halides is 2. The third-order valence-electron chi connectivity index (χ3n) is 5.30. The number of hydrogen-bond acceptors (Lipinski definition) is 6. The molecule has 0 unspecified atom stereocenters. The first-order chi connectivity index (χ1) is 13.9. The minimum Gasteiger partial charge on any atom is -0.446 e. The van der Waals surface area contributed by atoms with E-state index in [1.807, 2.05) is 6.07 Å². The number of aromatic nitrogens is 3. The summed E-state index contributed by atoms with van der Waals surface area (Å²) in [4.78, 5) is 16.2. The molecule has 156 valence electrons. The van der Waals surface area contributed by atoms with E-state index in [0.717, 1.165) is 17.8 Å². The van der Waals surface area contributed by atoms with Gasteiger partial charge in [-0.2, -0.15) is 5.10 Å². The van der Waals surface area contributed by atoms with Gasteiger partial charge in [0.05, 0.1) is 18.3 Å². The highest BCUT2D eigenvalue weighted by Crippen LogP contribution is 2.36. The molecule has 6 bridgehead atoms. The molecule has 3 atom stereocenters. The molecule has 0 aromatic carbocycles. The maximum absolute atomic E-state index is 14.3. The summed E-state index contributed by atoms with van der Waals surface area (Å²) >= 11 is 0. The number of nitrogens with zero attached hydrogens (tertiary/aromatic N) is 2. The molecule has 1 fully saturated rings. The van der Waals surface area contributed by atoms with E-state index < -0.39 is 24.7 Å². The number of nitrogens with one attached hydrogen (secondary N) is 3. The molecule has 1 aliphatic carbocycles. The van der Waals surface area contributed by atoms with Gasteiger partial charge in [0, 0.05) is 29.6 Å². The van der Waals surface area contributed by atoms with Gasteiger partial charge in [0.2, 0.25) is 0 Å². The average Bonchev–Trinajstić information content (AvgIpc) is 3.30. The fourth-order valence-electron chi connectivity index (χ4n) is 3.61. The van der Waals surface area contributed by atoms with Crippen molar-refractivity contribution < 1.29 is 23.0 Å². The van der Waals surface area contributed by atoms with Gasteiger partial charge >= 0.3 is 6.09 Å². The fraction of sp³-hybridized carbons (Fsp3) is 0.526. The molecule has 29 heavy (non-hydrogen) atoms. The monoisotopic (exact) mass is 407 g/mol. The number of anilines is 2. The number of aromatic amines is 1. The quantitative estimate of drug-likeness (QED) is 0.618. The van der Waals surface area contributed by atoms with Crippen LogP contribution in [0.5, 0.6) is 0 Å². The highest BCUT2D eigenvalue weighted by atomic mass is 19.3. The Balaban J connectivity index is 1.56. The minimum atomic E-state index is -3.25. The summed E-state index contributed by atoms with van der Waals surface area (Å²) in [5.74, 6) is -2.45. The zero-order valence-electron chi connectivity index (χ0n) is 16.0. The van der Waals surface area contributed by atoms with Gasteiger partial charge in [-0.1, -0.05) is 0 Å². The third kappa shape index (κ3) is 4.64. The molecule has 3 N–H and O–H groups in total. The van der Waals surface area contributed by atoms with Gasteiger partial charge in [-0.05, 0) is 38.3 Å². The Hall–Kier alpha value is -2.75. The number of rotatable bonds is 0. The summed E-state index contributed by atoms with van der Waals surface area (Å²) in [5, 5.41) is 12.7. The number of halogens is 2. The third-order valence-corrected chi connectivity index (χ3v) is 5.30. The van der Waals surface area contributed by atoms with Gasteiger partial charge < -0.3 is 20.1 Å². The van der Waals surface area contributed by atoms with E-state index in [1.165, 1.54) is 6.92 Å². The second-order valence-corrected chi connectivity index (χ2v) is 7.53. The summed E-state index contributed by atoms with van der Waals surface area (Å²) in [6, 6.07) is 3.99. The zero-order valence-corrected chi connectivity index (χ0v) is 16.0. The maximum Gasteiger partial charge on any atom is 0.407 e. The number of pyridine rings is 1. The SMILES string of the molecule is C[C@@H]1NC(=O)O[C@@H]2CC[C@@H](C2)c2cc(n[nH]2)Nc2ccnc(c2)COCC1(F)F. The van der Waals surface area contributed by atoms with Crippen LogP contribution in [-0.2, 0) is 16.1 Å². The van der Waals surface area contributed by atoms with E-state index in [-0.39, 0.29) is 18.6 Å². The summed E-state index contributed by atoms with van der Waals surface area (Å²) in [6.45, 7) is 0.301. The lowest BCUT2D eigenvalue weighted by Crippen LogP contribution is -2.48. The van der Waals surface area contributed by atoms with Crippen molar-refractivity contribution >= 4 is 17.6 Å². The van der Waals surface area contributed by atoms with Gasteiger partial charge in [-0.25, -0.2) is 13.6 Å². The van der Waals surface area contributed by atoms with Crippen LogP contribution in [0.1, 0.15) is 43.5 Å². The van der Waals surface area contributed by atoms with E-state index in [1.54, 1.807) is 18.3 Å². The highest BCUT2D eigenvalue weighted by Gasteiger charge is 2.39. The Morgan fingerprint density at radius 1 is 1.28 bits per heavy atom. The van der Waals surface area contributed by atoms with Crippen LogP contribution < -0.4 is 10.6 Å². The number of ether oxygens (including phenoxy) is 2. The fourth-order valence-corrected chi connectivity index (χ4v) is 3.61. The molecule has 2 aromatic heterocycles. The first-order valence-corrected chi connectivity index (χ1v) is 9.59. The first-order valence-electron chi connectivity index (χ1n) is 9.59. The van der Waals surface area contributed by atoms with Crippen molar-refractivity contribution in [2.45, 2.75) is 56.8 Å². The van der Waals surface area contributed by atoms with E-state index in [4.69, 9.17) is 9.47 Å². The van der Waals surface area contributed by atoms with Crippen LogP contribution >= 0.6 is 0 Å². The second kappa shape index (κ2) is 7.94. The van der Waals surface area contributed by atoms with Crippen LogP contribution in [0.15, 0.2) is 24.4 Å². The van der Waals surface area contributed by atoms with Crippen molar-refractivity contribution in [2.24, 2.45) is 0 Å². The largest absolute Gasteiger partial charge is 0.446 e. The molecule has 1 amide bonds.